The molecule has 38 heavy (non-hydrogen) atoms. The molecule has 0 spiro atoms. The highest BCUT2D eigenvalue weighted by Crippen LogP contribution is 2.33. The predicted octanol–water partition coefficient (Wildman–Crippen LogP) is 5.86. The second-order valence-corrected chi connectivity index (χ2v) is 9.20. The average molecular weight is 541 g/mol. The van der Waals surface area contributed by atoms with E-state index in [1.54, 1.807) is 36.4 Å². The first kappa shape index (κ1) is 26.8. The molecule has 4 rings (SSSR count). The van der Waals surface area contributed by atoms with Gasteiger partial charge in [0.05, 0.1) is 22.8 Å². The van der Waals surface area contributed by atoms with Crippen LogP contribution in [0, 0.1) is 11.6 Å². The highest BCUT2D eigenvalue weighted by Gasteiger charge is 2.36. The van der Waals surface area contributed by atoms with Crippen molar-refractivity contribution in [3.05, 3.63) is 82.5 Å². The van der Waals surface area contributed by atoms with E-state index in [0.717, 1.165) is 29.9 Å². The van der Waals surface area contributed by atoms with E-state index < -0.39 is 41.2 Å². The smallest absolute Gasteiger partial charge is 0.338 e. The predicted molar refractivity (Wildman–Crippen MR) is 137 cm³/mol. The first-order valence-electron chi connectivity index (χ1n) is 11.6. The zero-order chi connectivity index (χ0) is 27.2. The molecule has 8 nitrogen and oxygen atoms in total. The molecule has 196 valence electrons. The van der Waals surface area contributed by atoms with Gasteiger partial charge in [-0.05, 0) is 54.6 Å². The van der Waals surface area contributed by atoms with Gasteiger partial charge < -0.3 is 14.5 Å². The van der Waals surface area contributed by atoms with Gasteiger partial charge in [0.15, 0.2) is 0 Å². The molecular formula is C27H22F2N2O6S. The van der Waals surface area contributed by atoms with Crippen LogP contribution in [0.15, 0.2) is 63.9 Å². The van der Waals surface area contributed by atoms with Gasteiger partial charge in [0.1, 0.15) is 29.7 Å². The summed E-state index contributed by atoms with van der Waals surface area (Å²) < 4.78 is 37.8. The molecule has 0 radical (unpaired) electrons. The summed E-state index contributed by atoms with van der Waals surface area (Å²) in [5.74, 6) is -2.96. The van der Waals surface area contributed by atoms with Crippen LogP contribution in [0.3, 0.4) is 0 Å². The molecule has 2 aromatic carbocycles. The van der Waals surface area contributed by atoms with Gasteiger partial charge >= 0.3 is 5.97 Å². The number of anilines is 1. The Morgan fingerprint density at radius 1 is 1.08 bits per heavy atom. The number of carbonyl (C=O) groups excluding carboxylic acids is 4. The second-order valence-electron chi connectivity index (χ2n) is 8.21. The monoisotopic (exact) mass is 540 g/mol. The van der Waals surface area contributed by atoms with E-state index >= 15 is 0 Å². The van der Waals surface area contributed by atoms with Crippen molar-refractivity contribution in [2.24, 2.45) is 0 Å². The molecule has 11 heteroatoms. The number of esters is 1. The molecular weight excluding hydrogens is 518 g/mol. The summed E-state index contributed by atoms with van der Waals surface area (Å²) in [6, 6.07) is 12.6. The number of benzene rings is 2. The van der Waals surface area contributed by atoms with Gasteiger partial charge in [0, 0.05) is 17.7 Å². The van der Waals surface area contributed by atoms with Crippen molar-refractivity contribution in [1.82, 2.24) is 4.90 Å². The minimum atomic E-state index is -0.984. The molecule has 0 saturated carbocycles. The molecule has 1 aliphatic rings. The number of hydrogen-bond acceptors (Lipinski definition) is 7. The van der Waals surface area contributed by atoms with E-state index in [-0.39, 0.29) is 10.6 Å². The molecule has 1 saturated heterocycles. The highest BCUT2D eigenvalue weighted by molar-refractivity contribution is 8.18. The quantitative estimate of drug-likeness (QED) is 0.206. The molecule has 1 N–H and O–H groups in total. The number of nitrogens with one attached hydrogen (secondary N) is 1. The Bertz CT molecular complexity index is 1420. The molecule has 1 aliphatic heterocycles. The van der Waals surface area contributed by atoms with Gasteiger partial charge in [0.2, 0.25) is 5.91 Å². The third-order valence-corrected chi connectivity index (χ3v) is 6.32. The summed E-state index contributed by atoms with van der Waals surface area (Å²) in [4.78, 5) is 50.1. The number of nitrogens with zero attached hydrogens (tertiary/aromatic N) is 1. The maximum absolute atomic E-state index is 13.8. The maximum atomic E-state index is 13.8. The van der Waals surface area contributed by atoms with Gasteiger partial charge in [-0.2, -0.15) is 0 Å². The fourth-order valence-corrected chi connectivity index (χ4v) is 4.26. The number of amides is 3. The first-order chi connectivity index (χ1) is 18.2. The van der Waals surface area contributed by atoms with Crippen LogP contribution in [0.25, 0.3) is 17.4 Å². The molecule has 0 aliphatic carbocycles. The molecule has 1 fully saturated rings. The zero-order valence-electron chi connectivity index (χ0n) is 20.2. The number of imide groups is 1. The standard InChI is InChI=1S/C27H22F2N2O6S/c1-2-3-12-36-26(34)17-6-4-16(5-7-17)22-11-9-19(37-22)14-23-25(33)31(27(35)38-23)15-24(32)30-21-10-8-18(28)13-20(21)29/h4-11,13-14H,2-3,12,15H2,1H3,(H,30,32)/b23-14+. The van der Waals surface area contributed by atoms with E-state index in [1.165, 1.54) is 6.08 Å². The lowest BCUT2D eigenvalue weighted by Crippen LogP contribution is -2.36. The van der Waals surface area contributed by atoms with E-state index in [9.17, 15) is 28.0 Å². The van der Waals surface area contributed by atoms with Crippen molar-refractivity contribution in [2.75, 3.05) is 18.5 Å². The lowest BCUT2D eigenvalue weighted by Gasteiger charge is -2.12. The number of ether oxygens (including phenoxy) is 1. The summed E-state index contributed by atoms with van der Waals surface area (Å²) in [5, 5.41) is 1.54. The molecule has 3 amide bonds. The largest absolute Gasteiger partial charge is 0.462 e. The van der Waals surface area contributed by atoms with Gasteiger partial charge in [-0.1, -0.05) is 25.5 Å². The fourth-order valence-electron chi connectivity index (χ4n) is 3.44. The molecule has 3 aromatic rings. The number of halogens is 2. The van der Waals surface area contributed by atoms with Gasteiger partial charge in [0.25, 0.3) is 11.1 Å². The average Bonchev–Trinajstić information content (AvgIpc) is 3.46. The SMILES string of the molecule is CCCCOC(=O)c1ccc(-c2ccc(/C=C3/SC(=O)N(CC(=O)Nc4ccc(F)cc4F)C3=O)o2)cc1. The Morgan fingerprint density at radius 2 is 1.84 bits per heavy atom. The van der Waals surface area contributed by atoms with Crippen molar-refractivity contribution < 1.29 is 37.1 Å². The van der Waals surface area contributed by atoms with Crippen LogP contribution in [0.1, 0.15) is 35.9 Å². The minimum Gasteiger partial charge on any atom is -0.462 e. The lowest BCUT2D eigenvalue weighted by molar-refractivity contribution is -0.127. The highest BCUT2D eigenvalue weighted by atomic mass is 32.2. The number of carbonyl (C=O) groups is 4. The topological polar surface area (TPSA) is 106 Å². The Morgan fingerprint density at radius 3 is 2.55 bits per heavy atom. The molecule has 0 atom stereocenters. The van der Waals surface area contributed by atoms with Crippen molar-refractivity contribution in [1.29, 1.82) is 0 Å². The van der Waals surface area contributed by atoms with Crippen molar-refractivity contribution in [3.8, 4) is 11.3 Å². The third kappa shape index (κ3) is 6.35. The number of rotatable bonds is 9. The summed E-state index contributed by atoms with van der Waals surface area (Å²) in [6.07, 6.45) is 3.10. The van der Waals surface area contributed by atoms with Crippen LogP contribution in [-0.2, 0) is 14.3 Å². The normalized spacial score (nSPS) is 14.3. The van der Waals surface area contributed by atoms with Crippen LogP contribution in [0.5, 0.6) is 0 Å². The maximum Gasteiger partial charge on any atom is 0.338 e. The van der Waals surface area contributed by atoms with Gasteiger partial charge in [-0.3, -0.25) is 19.3 Å². The third-order valence-electron chi connectivity index (χ3n) is 5.42. The summed E-state index contributed by atoms with van der Waals surface area (Å²) in [7, 11) is 0. The lowest BCUT2D eigenvalue weighted by atomic mass is 10.1. The van der Waals surface area contributed by atoms with Crippen LogP contribution >= 0.6 is 11.8 Å². The number of furan rings is 1. The van der Waals surface area contributed by atoms with Crippen LogP contribution < -0.4 is 5.32 Å². The van der Waals surface area contributed by atoms with Gasteiger partial charge in [-0.25, -0.2) is 13.6 Å². The second kappa shape index (κ2) is 11.9. The van der Waals surface area contributed by atoms with Crippen molar-refractivity contribution in [2.45, 2.75) is 19.8 Å². The molecule has 1 aromatic heterocycles. The number of hydrogen-bond donors (Lipinski definition) is 1. The van der Waals surface area contributed by atoms with E-state index in [0.29, 0.717) is 47.1 Å². The molecule has 2 heterocycles. The van der Waals surface area contributed by atoms with E-state index in [4.69, 9.17) is 9.15 Å². The Labute approximate surface area is 220 Å². The Hall–Kier alpha value is -4.25. The summed E-state index contributed by atoms with van der Waals surface area (Å²) in [5.41, 5.74) is 0.826. The summed E-state index contributed by atoms with van der Waals surface area (Å²) in [6.45, 7) is 1.72. The first-order valence-corrected chi connectivity index (χ1v) is 12.4. The molecule has 0 bridgehead atoms. The minimum absolute atomic E-state index is 0.0434. The summed E-state index contributed by atoms with van der Waals surface area (Å²) >= 11 is 0.632. The Balaban J connectivity index is 1.39. The Kier molecular flexibility index (Phi) is 8.37. The zero-order valence-corrected chi connectivity index (χ0v) is 21.0. The van der Waals surface area contributed by atoms with Crippen LogP contribution in [0.2, 0.25) is 0 Å². The van der Waals surface area contributed by atoms with Crippen molar-refractivity contribution >= 4 is 46.5 Å². The molecule has 0 unspecified atom stereocenters. The van der Waals surface area contributed by atoms with Crippen molar-refractivity contribution in [3.63, 3.8) is 0 Å². The number of unbranched alkanes of at least 4 members (excludes halogenated alkanes) is 1. The van der Waals surface area contributed by atoms with E-state index in [2.05, 4.69) is 5.32 Å². The van der Waals surface area contributed by atoms with Crippen LogP contribution in [-0.4, -0.2) is 41.1 Å². The fraction of sp³-hybridized carbons (Fsp3) is 0.185. The van der Waals surface area contributed by atoms with E-state index in [1.807, 2.05) is 6.92 Å². The van der Waals surface area contributed by atoms with Crippen LogP contribution in [0.4, 0.5) is 19.3 Å². The number of thioether (sulfide) groups is 1. The van der Waals surface area contributed by atoms with Gasteiger partial charge in [-0.15, -0.1) is 0 Å².